The zero-order chi connectivity index (χ0) is 76.0. The molecule has 0 heterocycles. The summed E-state index contributed by atoms with van der Waals surface area (Å²) in [7, 11) is -9.97. The molecule has 0 aromatic carbocycles. The van der Waals surface area contributed by atoms with E-state index in [9.17, 15) is 43.2 Å². The number of hydrogen-bond acceptors (Lipinski definition) is 15. The van der Waals surface area contributed by atoms with E-state index >= 15 is 0 Å². The van der Waals surface area contributed by atoms with E-state index in [0.29, 0.717) is 32.1 Å². The number of carbonyl (C=O) groups is 4. The lowest BCUT2D eigenvalue weighted by Gasteiger charge is -2.21. The van der Waals surface area contributed by atoms with Crippen LogP contribution in [0.4, 0.5) is 0 Å². The summed E-state index contributed by atoms with van der Waals surface area (Å²) < 4.78 is 68.7. The predicted molar refractivity (Wildman–Crippen MR) is 427 cm³/mol. The standard InChI is InChI=1S/C85H152O17P2/c1-5-9-13-17-21-25-29-33-37-39-43-46-50-54-58-62-66-70-83(88)96-76-80(101-84(89)71-67-63-59-55-51-47-42-36-32-28-24-20-16-12-8-4)77-99-103(91,92)97-73-79(86)74-98-104(93,94)100-78-81(75-95-82(87)69-65-61-57-53-49-45-41-35-31-27-23-19-15-11-7-3)102-85(90)72-68-64-60-56-52-48-44-40-38-34-30-26-22-18-14-10-6-2/h21,23,25,27,33,35-37,41-43,46,54,58,79-81,86H,5-20,22,24,26,28-32,34,38-40,44-45,47-53,55-57,59-78H2,1-4H3,(H,91,92)(H,93,94)/b25-21-,27-23-,37-33-,41-35-,42-36-,46-43-,58-54-/t79-,80-,81-/m1/s1. The van der Waals surface area contributed by atoms with Crippen molar-refractivity contribution in [3.63, 3.8) is 0 Å². The van der Waals surface area contributed by atoms with E-state index in [1.165, 1.54) is 154 Å². The summed E-state index contributed by atoms with van der Waals surface area (Å²) >= 11 is 0. The van der Waals surface area contributed by atoms with Gasteiger partial charge in [0.2, 0.25) is 0 Å². The average Bonchev–Trinajstić information content (AvgIpc) is 0.909. The number of allylic oxidation sites excluding steroid dienone is 14. The quantitative estimate of drug-likeness (QED) is 0.0169. The van der Waals surface area contributed by atoms with Gasteiger partial charge in [-0.3, -0.25) is 37.3 Å². The van der Waals surface area contributed by atoms with E-state index < -0.39 is 97.5 Å². The Kier molecular flexibility index (Phi) is 74.6. The third-order valence-corrected chi connectivity index (χ3v) is 19.7. The van der Waals surface area contributed by atoms with Crippen LogP contribution in [0, 0.1) is 0 Å². The molecule has 0 aromatic heterocycles. The monoisotopic (exact) mass is 1510 g/mol. The van der Waals surface area contributed by atoms with Crippen molar-refractivity contribution >= 4 is 39.5 Å². The maximum atomic E-state index is 13.1. The number of phosphoric acid groups is 2. The van der Waals surface area contributed by atoms with Crippen LogP contribution in [0.25, 0.3) is 0 Å². The normalized spacial score (nSPS) is 14.3. The third-order valence-electron chi connectivity index (χ3n) is 17.8. The van der Waals surface area contributed by atoms with Crippen LogP contribution < -0.4 is 0 Å². The van der Waals surface area contributed by atoms with Crippen molar-refractivity contribution in [2.24, 2.45) is 0 Å². The van der Waals surface area contributed by atoms with E-state index in [1.807, 2.05) is 12.2 Å². The highest BCUT2D eigenvalue weighted by Gasteiger charge is 2.30. The van der Waals surface area contributed by atoms with Crippen molar-refractivity contribution in [3.05, 3.63) is 85.1 Å². The number of unbranched alkanes of at least 4 members (excludes halogenated alkanes) is 39. The first kappa shape index (κ1) is 100. The van der Waals surface area contributed by atoms with Gasteiger partial charge >= 0.3 is 39.5 Å². The van der Waals surface area contributed by atoms with Gasteiger partial charge in [-0.25, -0.2) is 9.13 Å². The lowest BCUT2D eigenvalue weighted by atomic mass is 10.0. The molecule has 3 N–H and O–H groups in total. The largest absolute Gasteiger partial charge is 0.472 e. The zero-order valence-electron chi connectivity index (χ0n) is 66.2. The molecule has 0 saturated heterocycles. The number of rotatable bonds is 79. The van der Waals surface area contributed by atoms with Crippen LogP contribution in [-0.2, 0) is 65.4 Å². The molecule has 0 saturated carbocycles. The summed E-state index contributed by atoms with van der Waals surface area (Å²) in [4.78, 5) is 73.1. The third kappa shape index (κ3) is 76.4. The van der Waals surface area contributed by atoms with Crippen LogP contribution >= 0.6 is 15.6 Å². The molecule has 0 rings (SSSR count). The first-order chi connectivity index (χ1) is 50.7. The van der Waals surface area contributed by atoms with Gasteiger partial charge in [-0.05, 0) is 122 Å². The number of phosphoric ester groups is 2. The molecule has 0 amide bonds. The lowest BCUT2D eigenvalue weighted by Crippen LogP contribution is -2.30. The second-order valence-corrected chi connectivity index (χ2v) is 31.0. The number of carbonyl (C=O) groups excluding carboxylic acids is 4. The number of esters is 4. The fourth-order valence-corrected chi connectivity index (χ4v) is 13.0. The summed E-state index contributed by atoms with van der Waals surface area (Å²) in [5, 5.41) is 10.7. The maximum Gasteiger partial charge on any atom is 0.472 e. The molecule has 17 nitrogen and oxygen atoms in total. The predicted octanol–water partition coefficient (Wildman–Crippen LogP) is 24.6. The Morgan fingerprint density at radius 3 is 0.788 bits per heavy atom. The molecule has 0 radical (unpaired) electrons. The van der Waals surface area contributed by atoms with Crippen molar-refractivity contribution in [3.8, 4) is 0 Å². The average molecular weight is 1510 g/mol. The van der Waals surface area contributed by atoms with E-state index in [1.54, 1.807) is 0 Å². The van der Waals surface area contributed by atoms with Crippen LogP contribution in [0.15, 0.2) is 85.1 Å². The summed E-state index contributed by atoms with van der Waals surface area (Å²) in [6.45, 7) is 4.80. The topological polar surface area (TPSA) is 237 Å². The second-order valence-electron chi connectivity index (χ2n) is 28.1. The van der Waals surface area contributed by atoms with Gasteiger partial charge in [0.15, 0.2) is 12.2 Å². The Balaban J connectivity index is 5.40. The van der Waals surface area contributed by atoms with Crippen LogP contribution in [0.3, 0.4) is 0 Å². The molecule has 104 heavy (non-hydrogen) atoms. The smallest absolute Gasteiger partial charge is 0.462 e. The Morgan fingerprint density at radius 1 is 0.269 bits per heavy atom. The van der Waals surface area contributed by atoms with Gasteiger partial charge in [0.05, 0.1) is 26.4 Å². The number of hydrogen-bond donors (Lipinski definition) is 3. The molecule has 0 aromatic rings. The van der Waals surface area contributed by atoms with Crippen LogP contribution in [0.2, 0.25) is 0 Å². The van der Waals surface area contributed by atoms with Gasteiger partial charge in [0.1, 0.15) is 19.3 Å². The zero-order valence-corrected chi connectivity index (χ0v) is 68.0. The summed E-state index contributed by atoms with van der Waals surface area (Å²) in [5.74, 6) is -2.24. The highest BCUT2D eigenvalue weighted by molar-refractivity contribution is 7.47. The lowest BCUT2D eigenvalue weighted by molar-refractivity contribution is -0.161. The summed E-state index contributed by atoms with van der Waals surface area (Å²) in [6, 6.07) is 0. The maximum absolute atomic E-state index is 13.1. The van der Waals surface area contributed by atoms with Gasteiger partial charge in [0.25, 0.3) is 0 Å². The molecule has 0 bridgehead atoms. The highest BCUT2D eigenvalue weighted by atomic mass is 31.2. The van der Waals surface area contributed by atoms with Crippen LogP contribution in [0.1, 0.15) is 374 Å². The fraction of sp³-hybridized carbons (Fsp3) is 0.788. The molecular weight excluding hydrogens is 1350 g/mol. The Hall–Kier alpha value is -3.76. The highest BCUT2D eigenvalue weighted by Crippen LogP contribution is 2.45. The summed E-state index contributed by atoms with van der Waals surface area (Å²) in [5.41, 5.74) is 0. The molecule has 0 aliphatic rings. The van der Waals surface area contributed by atoms with E-state index in [2.05, 4.69) is 101 Å². The second kappa shape index (κ2) is 77.4. The Bertz CT molecular complexity index is 2300. The van der Waals surface area contributed by atoms with E-state index in [-0.39, 0.29) is 25.7 Å². The SMILES string of the molecule is CCCCC/C=C\C/C=C\C/C=C\C/C=C\CCCC(=O)OC[C@H](COP(=O)(O)OC[C@@H](O)COP(=O)(O)OC[C@@H](COC(=O)CCCCCCC/C=C\C/C=C\CCCCC)OC(=O)CCCCCCCCCCCCCCCCCCC)OC(=O)CCCCCCC/C=C\CCCCCCCC. The van der Waals surface area contributed by atoms with E-state index in [4.69, 9.17) is 37.0 Å². The number of aliphatic hydroxyl groups excluding tert-OH is 1. The number of aliphatic hydroxyl groups is 1. The molecular formula is C85H152O17P2. The van der Waals surface area contributed by atoms with Crippen LogP contribution in [0.5, 0.6) is 0 Å². The minimum Gasteiger partial charge on any atom is -0.462 e. The molecule has 0 aliphatic carbocycles. The van der Waals surface area contributed by atoms with Crippen molar-refractivity contribution in [1.82, 2.24) is 0 Å². The minimum absolute atomic E-state index is 0.0751. The molecule has 5 atom stereocenters. The van der Waals surface area contributed by atoms with Gasteiger partial charge in [-0.2, -0.15) is 0 Å². The molecule has 19 heteroatoms. The molecule has 2 unspecified atom stereocenters. The fourth-order valence-electron chi connectivity index (χ4n) is 11.4. The van der Waals surface area contributed by atoms with Crippen LogP contribution in [-0.4, -0.2) is 96.7 Å². The van der Waals surface area contributed by atoms with Crippen molar-refractivity contribution in [1.29, 1.82) is 0 Å². The minimum atomic E-state index is -4.99. The van der Waals surface area contributed by atoms with Crippen molar-refractivity contribution < 1.29 is 80.2 Å². The van der Waals surface area contributed by atoms with Crippen molar-refractivity contribution in [2.45, 2.75) is 393 Å². The Morgan fingerprint density at radius 2 is 0.481 bits per heavy atom. The first-order valence-corrected chi connectivity index (χ1v) is 44.8. The Labute approximate surface area is 634 Å². The summed E-state index contributed by atoms with van der Waals surface area (Å²) in [6.07, 6.45) is 81.3. The molecule has 0 fully saturated rings. The molecule has 0 aliphatic heterocycles. The van der Waals surface area contributed by atoms with Gasteiger partial charge in [0, 0.05) is 25.7 Å². The van der Waals surface area contributed by atoms with E-state index in [0.717, 1.165) is 135 Å². The van der Waals surface area contributed by atoms with Crippen molar-refractivity contribution in [2.75, 3.05) is 39.6 Å². The number of ether oxygens (including phenoxy) is 4. The van der Waals surface area contributed by atoms with Gasteiger partial charge in [-0.15, -0.1) is 0 Å². The first-order valence-electron chi connectivity index (χ1n) is 41.8. The molecule has 0 spiro atoms. The van der Waals surface area contributed by atoms with Gasteiger partial charge in [-0.1, -0.05) is 312 Å². The van der Waals surface area contributed by atoms with Gasteiger partial charge < -0.3 is 33.8 Å². The molecule has 604 valence electrons.